The highest BCUT2D eigenvalue weighted by Gasteiger charge is 2.41. The van der Waals surface area contributed by atoms with E-state index in [2.05, 4.69) is 0 Å². The van der Waals surface area contributed by atoms with Crippen LogP contribution < -0.4 is 0 Å². The van der Waals surface area contributed by atoms with E-state index in [-0.39, 0.29) is 17.5 Å². The van der Waals surface area contributed by atoms with E-state index in [1.807, 2.05) is 9.80 Å². The summed E-state index contributed by atoms with van der Waals surface area (Å²) in [5.41, 5.74) is 0. The number of nitrogens with zero attached hydrogens (tertiary/aromatic N) is 2. The SMILES string of the molecule is CC(C(=O)O)N1CCN(C2CS(=O)(=O)CC2O)CC1. The van der Waals surface area contributed by atoms with Gasteiger partial charge in [0, 0.05) is 26.2 Å². The quantitative estimate of drug-likeness (QED) is 0.635. The van der Waals surface area contributed by atoms with Gasteiger partial charge in [0.2, 0.25) is 0 Å². The fraction of sp³-hybridized carbons (Fsp3) is 0.909. The third kappa shape index (κ3) is 3.25. The molecule has 0 aliphatic carbocycles. The first-order valence-electron chi connectivity index (χ1n) is 6.39. The molecule has 0 bridgehead atoms. The molecular weight excluding hydrogens is 272 g/mol. The number of sulfone groups is 1. The van der Waals surface area contributed by atoms with Gasteiger partial charge >= 0.3 is 5.97 Å². The van der Waals surface area contributed by atoms with Crippen molar-refractivity contribution >= 4 is 15.8 Å². The molecule has 2 aliphatic rings. The molecule has 2 fully saturated rings. The number of hydrogen-bond acceptors (Lipinski definition) is 6. The van der Waals surface area contributed by atoms with Gasteiger partial charge in [0.15, 0.2) is 9.84 Å². The van der Waals surface area contributed by atoms with Gasteiger partial charge in [0.05, 0.1) is 23.7 Å². The van der Waals surface area contributed by atoms with Crippen LogP contribution in [0.4, 0.5) is 0 Å². The van der Waals surface area contributed by atoms with Crippen LogP contribution >= 0.6 is 0 Å². The van der Waals surface area contributed by atoms with Crippen molar-refractivity contribution in [2.24, 2.45) is 0 Å². The summed E-state index contributed by atoms with van der Waals surface area (Å²) in [5.74, 6) is -1.01. The van der Waals surface area contributed by atoms with Crippen molar-refractivity contribution in [3.05, 3.63) is 0 Å². The molecule has 0 radical (unpaired) electrons. The normalized spacial score (nSPS) is 34.2. The van der Waals surface area contributed by atoms with E-state index in [0.717, 1.165) is 0 Å². The van der Waals surface area contributed by atoms with Crippen LogP contribution in [0.3, 0.4) is 0 Å². The van der Waals surface area contributed by atoms with E-state index in [0.29, 0.717) is 26.2 Å². The maximum Gasteiger partial charge on any atom is 0.320 e. The Bertz CT molecular complexity index is 444. The van der Waals surface area contributed by atoms with Crippen molar-refractivity contribution in [1.82, 2.24) is 9.80 Å². The van der Waals surface area contributed by atoms with Gasteiger partial charge in [-0.15, -0.1) is 0 Å². The van der Waals surface area contributed by atoms with Gasteiger partial charge in [0.1, 0.15) is 6.04 Å². The average molecular weight is 292 g/mol. The summed E-state index contributed by atoms with van der Waals surface area (Å²) < 4.78 is 23.0. The van der Waals surface area contributed by atoms with E-state index < -0.39 is 28.0 Å². The maximum absolute atomic E-state index is 11.5. The summed E-state index contributed by atoms with van der Waals surface area (Å²) in [5, 5.41) is 18.8. The third-order valence-electron chi connectivity index (χ3n) is 4.02. The molecule has 2 rings (SSSR count). The predicted octanol–water partition coefficient (Wildman–Crippen LogP) is -1.76. The zero-order valence-electron chi connectivity index (χ0n) is 10.9. The van der Waals surface area contributed by atoms with E-state index in [9.17, 15) is 18.3 Å². The van der Waals surface area contributed by atoms with Crippen LogP contribution in [0.2, 0.25) is 0 Å². The van der Waals surface area contributed by atoms with E-state index >= 15 is 0 Å². The Labute approximate surface area is 112 Å². The number of carbonyl (C=O) groups is 1. The second-order valence-corrected chi connectivity index (χ2v) is 7.45. The summed E-state index contributed by atoms with van der Waals surface area (Å²) in [4.78, 5) is 14.7. The second-order valence-electron chi connectivity index (χ2n) is 5.30. The predicted molar refractivity (Wildman–Crippen MR) is 68.7 cm³/mol. The monoisotopic (exact) mass is 292 g/mol. The molecule has 0 aromatic carbocycles. The van der Waals surface area contributed by atoms with Crippen molar-refractivity contribution in [3.8, 4) is 0 Å². The summed E-state index contributed by atoms with van der Waals surface area (Å²) >= 11 is 0. The minimum absolute atomic E-state index is 0.00263. The Morgan fingerprint density at radius 2 is 1.79 bits per heavy atom. The second kappa shape index (κ2) is 5.35. The fourth-order valence-electron chi connectivity index (χ4n) is 2.77. The molecule has 0 aromatic heterocycles. The fourth-order valence-corrected chi connectivity index (χ4v) is 4.60. The maximum atomic E-state index is 11.5. The van der Waals surface area contributed by atoms with Gasteiger partial charge in [-0.1, -0.05) is 0 Å². The first-order valence-corrected chi connectivity index (χ1v) is 8.22. The van der Waals surface area contributed by atoms with Crippen LogP contribution in [-0.2, 0) is 14.6 Å². The lowest BCUT2D eigenvalue weighted by atomic mass is 10.1. The molecule has 110 valence electrons. The molecule has 19 heavy (non-hydrogen) atoms. The molecular formula is C11H20N2O5S. The first-order chi connectivity index (χ1) is 8.80. The standard InChI is InChI=1S/C11H20N2O5S/c1-8(11(15)16)12-2-4-13(5-3-12)9-6-19(17,18)7-10(9)14/h8-10,14H,2-7H2,1H3,(H,15,16). The molecule has 3 unspecified atom stereocenters. The smallest absolute Gasteiger partial charge is 0.320 e. The van der Waals surface area contributed by atoms with Gasteiger partial charge < -0.3 is 10.2 Å². The minimum Gasteiger partial charge on any atom is -0.480 e. The number of aliphatic hydroxyl groups excluding tert-OH is 1. The summed E-state index contributed by atoms with van der Waals surface area (Å²) in [6, 6.07) is -0.869. The number of rotatable bonds is 3. The number of aliphatic carboxylic acids is 1. The van der Waals surface area contributed by atoms with Gasteiger partial charge in [-0.05, 0) is 6.92 Å². The molecule has 0 spiro atoms. The zero-order chi connectivity index (χ0) is 14.2. The highest BCUT2D eigenvalue weighted by atomic mass is 32.2. The largest absolute Gasteiger partial charge is 0.480 e. The van der Waals surface area contributed by atoms with Crippen LogP contribution in [0, 0.1) is 0 Å². The number of carboxylic acids is 1. The Hall–Kier alpha value is -0.700. The van der Waals surface area contributed by atoms with Crippen molar-refractivity contribution in [3.63, 3.8) is 0 Å². The van der Waals surface area contributed by atoms with E-state index in [1.54, 1.807) is 6.92 Å². The van der Waals surface area contributed by atoms with Crippen LogP contribution in [0.1, 0.15) is 6.92 Å². The molecule has 0 aromatic rings. The zero-order valence-corrected chi connectivity index (χ0v) is 11.7. The van der Waals surface area contributed by atoms with E-state index in [4.69, 9.17) is 5.11 Å². The molecule has 2 saturated heterocycles. The van der Waals surface area contributed by atoms with E-state index in [1.165, 1.54) is 0 Å². The van der Waals surface area contributed by atoms with Crippen LogP contribution in [-0.4, -0.2) is 90.3 Å². The molecule has 8 heteroatoms. The lowest BCUT2D eigenvalue weighted by Gasteiger charge is -2.39. The highest BCUT2D eigenvalue weighted by Crippen LogP contribution is 2.20. The third-order valence-corrected chi connectivity index (χ3v) is 5.72. The molecule has 7 nitrogen and oxygen atoms in total. The van der Waals surface area contributed by atoms with Crippen LogP contribution in [0.5, 0.6) is 0 Å². The Morgan fingerprint density at radius 1 is 1.21 bits per heavy atom. The molecule has 2 aliphatic heterocycles. The molecule has 0 amide bonds. The lowest BCUT2D eigenvalue weighted by molar-refractivity contribution is -0.143. The first kappa shape index (κ1) is 14.7. The van der Waals surface area contributed by atoms with Crippen molar-refractivity contribution < 1.29 is 23.4 Å². The van der Waals surface area contributed by atoms with Gasteiger partial charge in [-0.3, -0.25) is 14.6 Å². The number of aliphatic hydroxyl groups is 1. The molecule has 2 heterocycles. The number of piperazine rings is 1. The van der Waals surface area contributed by atoms with Crippen molar-refractivity contribution in [2.45, 2.75) is 25.1 Å². The topological polar surface area (TPSA) is 98.2 Å². The van der Waals surface area contributed by atoms with Crippen molar-refractivity contribution in [2.75, 3.05) is 37.7 Å². The van der Waals surface area contributed by atoms with Crippen LogP contribution in [0.25, 0.3) is 0 Å². The van der Waals surface area contributed by atoms with Crippen molar-refractivity contribution in [1.29, 1.82) is 0 Å². The number of carboxylic acid groups (broad SMARTS) is 1. The summed E-state index contributed by atoms with van der Waals surface area (Å²) in [6.07, 6.45) is -0.826. The minimum atomic E-state index is -3.14. The van der Waals surface area contributed by atoms with Gasteiger partial charge in [-0.25, -0.2) is 8.42 Å². The highest BCUT2D eigenvalue weighted by molar-refractivity contribution is 7.91. The summed E-state index contributed by atoms with van der Waals surface area (Å²) in [6.45, 7) is 3.99. The lowest BCUT2D eigenvalue weighted by Crippen LogP contribution is -2.56. The molecule has 0 saturated carbocycles. The summed E-state index contributed by atoms with van der Waals surface area (Å²) in [7, 11) is -3.14. The number of hydrogen-bond donors (Lipinski definition) is 2. The Balaban J connectivity index is 1.92. The average Bonchev–Trinajstić information content (AvgIpc) is 2.62. The Morgan fingerprint density at radius 3 is 2.21 bits per heavy atom. The molecule has 3 atom stereocenters. The Kier molecular flexibility index (Phi) is 4.14. The van der Waals surface area contributed by atoms with Gasteiger partial charge in [-0.2, -0.15) is 0 Å². The van der Waals surface area contributed by atoms with Crippen LogP contribution in [0.15, 0.2) is 0 Å². The molecule has 2 N–H and O–H groups in total. The van der Waals surface area contributed by atoms with Gasteiger partial charge in [0.25, 0.3) is 0 Å².